The zero-order valence-electron chi connectivity index (χ0n) is 21.2. The summed E-state index contributed by atoms with van der Waals surface area (Å²) in [6.07, 6.45) is 10.1. The van der Waals surface area contributed by atoms with Gasteiger partial charge in [0.1, 0.15) is 0 Å². The minimum absolute atomic E-state index is 0.207. The van der Waals surface area contributed by atoms with Gasteiger partial charge in [0.2, 0.25) is 0 Å². The van der Waals surface area contributed by atoms with Gasteiger partial charge < -0.3 is 9.47 Å². The zero-order valence-corrected chi connectivity index (χ0v) is 21.2. The van der Waals surface area contributed by atoms with Crippen molar-refractivity contribution >= 4 is 12.0 Å². The maximum absolute atomic E-state index is 12.3. The number of benzene rings is 1. The molecule has 10 unspecified atom stereocenters. The van der Waals surface area contributed by atoms with E-state index < -0.39 is 0 Å². The molecule has 1 aromatic rings. The second kappa shape index (κ2) is 9.91. The lowest BCUT2D eigenvalue weighted by atomic mass is 9.66. The summed E-state index contributed by atoms with van der Waals surface area (Å²) < 4.78 is 11.6. The second-order valence-corrected chi connectivity index (χ2v) is 12.0. The average Bonchev–Trinajstić information content (AvgIpc) is 3.57. The highest BCUT2D eigenvalue weighted by atomic mass is 16.5. The van der Waals surface area contributed by atoms with Gasteiger partial charge in [-0.25, -0.2) is 4.79 Å². The first-order chi connectivity index (χ1) is 16.4. The SMILES string of the molecule is C=C(C)OCC1CC2CC1C(C)C2CC1C(C)C2CC(COC(=O)/C=C/c3ccccc3)C1C2. The van der Waals surface area contributed by atoms with Gasteiger partial charge in [-0.3, -0.25) is 0 Å². The number of hydrogen-bond acceptors (Lipinski definition) is 3. The van der Waals surface area contributed by atoms with Crippen LogP contribution in [0.1, 0.15) is 58.4 Å². The highest BCUT2D eigenvalue weighted by molar-refractivity contribution is 5.87. The summed E-state index contributed by atoms with van der Waals surface area (Å²) in [5.41, 5.74) is 1.03. The fraction of sp³-hybridized carbons (Fsp3) is 0.645. The number of fused-ring (bicyclic) bond motifs is 4. The standard InChI is InChI=1S/C31H42O3/c1-19(2)33-17-25-13-24-15-27(25)21(4)28(24)16-29-20(3)23-12-26(30(29)14-23)18-34-31(32)11-10-22-8-6-5-7-9-22/h5-11,20-21,23-30H,1,12-18H2,2-4H3/b11-10+. The lowest BCUT2D eigenvalue weighted by Gasteiger charge is -2.40. The average molecular weight is 463 g/mol. The van der Waals surface area contributed by atoms with Gasteiger partial charge in [0.15, 0.2) is 0 Å². The molecule has 10 atom stereocenters. The van der Waals surface area contributed by atoms with E-state index in [2.05, 4.69) is 20.4 Å². The van der Waals surface area contributed by atoms with Crippen molar-refractivity contribution in [2.75, 3.05) is 13.2 Å². The van der Waals surface area contributed by atoms with Crippen molar-refractivity contribution in [1.82, 2.24) is 0 Å². The summed E-state index contributed by atoms with van der Waals surface area (Å²) in [6, 6.07) is 9.94. The van der Waals surface area contributed by atoms with Crippen LogP contribution in [0.2, 0.25) is 0 Å². The summed E-state index contributed by atoms with van der Waals surface area (Å²) in [5.74, 6) is 8.49. The Morgan fingerprint density at radius 3 is 2.29 bits per heavy atom. The second-order valence-electron chi connectivity index (χ2n) is 12.0. The van der Waals surface area contributed by atoms with Gasteiger partial charge in [-0.15, -0.1) is 0 Å². The summed E-state index contributed by atoms with van der Waals surface area (Å²) in [5, 5.41) is 0. The molecule has 4 bridgehead atoms. The number of ether oxygens (including phenoxy) is 2. The van der Waals surface area contributed by atoms with E-state index in [4.69, 9.17) is 9.47 Å². The minimum atomic E-state index is -0.207. The van der Waals surface area contributed by atoms with Crippen LogP contribution in [-0.2, 0) is 14.3 Å². The van der Waals surface area contributed by atoms with Crippen LogP contribution < -0.4 is 0 Å². The molecule has 4 aliphatic rings. The van der Waals surface area contributed by atoms with E-state index in [1.54, 1.807) is 6.08 Å². The number of rotatable bonds is 9. The Morgan fingerprint density at radius 1 is 0.912 bits per heavy atom. The van der Waals surface area contributed by atoms with E-state index >= 15 is 0 Å². The van der Waals surface area contributed by atoms with Crippen molar-refractivity contribution in [1.29, 1.82) is 0 Å². The fourth-order valence-electron chi connectivity index (χ4n) is 8.55. The maximum Gasteiger partial charge on any atom is 0.330 e. The van der Waals surface area contributed by atoms with Crippen LogP contribution in [0.25, 0.3) is 6.08 Å². The highest BCUT2D eigenvalue weighted by Crippen LogP contribution is 2.62. The number of esters is 1. The topological polar surface area (TPSA) is 35.5 Å². The fourth-order valence-corrected chi connectivity index (χ4v) is 8.55. The molecule has 0 radical (unpaired) electrons. The molecular formula is C31H42O3. The van der Waals surface area contributed by atoms with Crippen LogP contribution in [0.4, 0.5) is 0 Å². The molecule has 0 aromatic heterocycles. The molecule has 0 amide bonds. The number of hydrogen-bond donors (Lipinski definition) is 0. The molecule has 0 N–H and O–H groups in total. The first-order valence-electron chi connectivity index (χ1n) is 13.6. The van der Waals surface area contributed by atoms with E-state index in [9.17, 15) is 4.79 Å². The molecule has 3 heteroatoms. The summed E-state index contributed by atoms with van der Waals surface area (Å²) in [7, 11) is 0. The number of carbonyl (C=O) groups excluding carboxylic acids is 1. The predicted octanol–water partition coefficient (Wildman–Crippen LogP) is 7.00. The van der Waals surface area contributed by atoms with E-state index in [0.717, 1.165) is 71.2 Å². The summed E-state index contributed by atoms with van der Waals surface area (Å²) in [6.45, 7) is 12.3. The van der Waals surface area contributed by atoms with E-state index in [1.807, 2.05) is 43.3 Å². The van der Waals surface area contributed by atoms with Gasteiger partial charge in [-0.2, -0.15) is 0 Å². The maximum atomic E-state index is 12.3. The zero-order chi connectivity index (χ0) is 23.8. The Morgan fingerprint density at radius 2 is 1.59 bits per heavy atom. The van der Waals surface area contributed by atoms with Gasteiger partial charge in [0.25, 0.3) is 0 Å². The molecule has 4 fully saturated rings. The predicted molar refractivity (Wildman–Crippen MR) is 137 cm³/mol. The minimum Gasteiger partial charge on any atom is -0.499 e. The molecule has 0 saturated heterocycles. The van der Waals surface area contributed by atoms with Gasteiger partial charge in [-0.05, 0) is 110 Å². The van der Waals surface area contributed by atoms with Crippen molar-refractivity contribution in [3.05, 3.63) is 54.3 Å². The Kier molecular flexibility index (Phi) is 6.91. The molecule has 0 spiro atoms. The molecule has 4 aliphatic carbocycles. The van der Waals surface area contributed by atoms with Gasteiger partial charge in [0, 0.05) is 6.08 Å². The van der Waals surface area contributed by atoms with Gasteiger partial charge in [0.05, 0.1) is 19.0 Å². The van der Waals surface area contributed by atoms with Crippen LogP contribution in [0.5, 0.6) is 0 Å². The van der Waals surface area contributed by atoms with Crippen LogP contribution in [0, 0.1) is 59.2 Å². The molecule has 0 aliphatic heterocycles. The Labute approximate surface area is 206 Å². The van der Waals surface area contributed by atoms with Crippen molar-refractivity contribution in [3.63, 3.8) is 0 Å². The van der Waals surface area contributed by atoms with Crippen LogP contribution in [-0.4, -0.2) is 19.2 Å². The van der Waals surface area contributed by atoms with Gasteiger partial charge >= 0.3 is 5.97 Å². The van der Waals surface area contributed by atoms with Crippen molar-refractivity contribution in [2.45, 2.75) is 52.9 Å². The van der Waals surface area contributed by atoms with E-state index in [-0.39, 0.29) is 5.97 Å². The third-order valence-electron chi connectivity index (χ3n) is 10.2. The first-order valence-corrected chi connectivity index (χ1v) is 13.6. The lowest BCUT2D eigenvalue weighted by molar-refractivity contribution is -0.140. The van der Waals surface area contributed by atoms with E-state index in [1.165, 1.54) is 32.1 Å². The van der Waals surface area contributed by atoms with Crippen LogP contribution in [0.3, 0.4) is 0 Å². The molecule has 1 aromatic carbocycles. The summed E-state index contributed by atoms with van der Waals surface area (Å²) in [4.78, 5) is 12.3. The molecule has 4 saturated carbocycles. The quantitative estimate of drug-likeness (QED) is 0.225. The van der Waals surface area contributed by atoms with Crippen molar-refractivity contribution < 1.29 is 14.3 Å². The molecule has 34 heavy (non-hydrogen) atoms. The monoisotopic (exact) mass is 462 g/mol. The highest BCUT2D eigenvalue weighted by Gasteiger charge is 2.55. The van der Waals surface area contributed by atoms with Crippen molar-refractivity contribution in [2.24, 2.45) is 59.2 Å². The van der Waals surface area contributed by atoms with Crippen LogP contribution >= 0.6 is 0 Å². The summed E-state index contributed by atoms with van der Waals surface area (Å²) >= 11 is 0. The van der Waals surface area contributed by atoms with Gasteiger partial charge in [-0.1, -0.05) is 50.8 Å². The molecule has 3 nitrogen and oxygen atoms in total. The Balaban J connectivity index is 1.14. The molecule has 0 heterocycles. The number of allylic oxidation sites excluding steroid dienone is 1. The molecular weight excluding hydrogens is 420 g/mol. The van der Waals surface area contributed by atoms with E-state index in [0.29, 0.717) is 12.5 Å². The third-order valence-corrected chi connectivity index (χ3v) is 10.2. The Bertz CT molecular complexity index is 903. The normalized spacial score (nSPS) is 40.2. The van der Waals surface area contributed by atoms with Crippen LogP contribution in [0.15, 0.2) is 48.7 Å². The third kappa shape index (κ3) is 4.72. The van der Waals surface area contributed by atoms with Crippen molar-refractivity contribution in [3.8, 4) is 0 Å². The molecule has 184 valence electrons. The first kappa shape index (κ1) is 23.7. The molecule has 5 rings (SSSR count). The number of carbonyl (C=O) groups is 1. The largest absolute Gasteiger partial charge is 0.499 e. The lowest BCUT2D eigenvalue weighted by Crippen LogP contribution is -2.35. The Hall–Kier alpha value is -2.03. The smallest absolute Gasteiger partial charge is 0.330 e.